The van der Waals surface area contributed by atoms with E-state index in [1.165, 1.54) is 6.33 Å². The number of aromatic nitrogens is 2. The second kappa shape index (κ2) is 4.55. The van der Waals surface area contributed by atoms with Crippen molar-refractivity contribution in [2.45, 2.75) is 20.8 Å². The molecule has 0 aliphatic rings. The molecular formula is C11H20N4O. The van der Waals surface area contributed by atoms with Gasteiger partial charge in [0.2, 0.25) is 5.88 Å². The fraction of sp³-hybridized carbons (Fsp3) is 0.636. The van der Waals surface area contributed by atoms with Crippen LogP contribution in [-0.2, 0) is 0 Å². The van der Waals surface area contributed by atoms with Crippen molar-refractivity contribution in [3.8, 4) is 5.88 Å². The van der Waals surface area contributed by atoms with Crippen molar-refractivity contribution in [2.75, 3.05) is 31.3 Å². The van der Waals surface area contributed by atoms with E-state index in [-0.39, 0.29) is 5.41 Å². The molecule has 0 spiro atoms. The van der Waals surface area contributed by atoms with E-state index in [1.54, 1.807) is 7.11 Å². The van der Waals surface area contributed by atoms with Gasteiger partial charge in [-0.1, -0.05) is 20.8 Å². The Morgan fingerprint density at radius 1 is 1.38 bits per heavy atom. The topological polar surface area (TPSA) is 64.3 Å². The number of nitrogen functional groups attached to an aromatic ring is 1. The molecule has 16 heavy (non-hydrogen) atoms. The van der Waals surface area contributed by atoms with E-state index in [4.69, 9.17) is 10.5 Å². The van der Waals surface area contributed by atoms with Crippen LogP contribution < -0.4 is 15.4 Å². The van der Waals surface area contributed by atoms with E-state index < -0.39 is 0 Å². The summed E-state index contributed by atoms with van der Waals surface area (Å²) in [7, 11) is 3.51. The van der Waals surface area contributed by atoms with Gasteiger partial charge >= 0.3 is 0 Å². The molecular weight excluding hydrogens is 204 g/mol. The molecule has 5 heteroatoms. The zero-order valence-electron chi connectivity index (χ0n) is 10.6. The largest absolute Gasteiger partial charge is 0.479 e. The predicted octanol–water partition coefficient (Wildman–Crippen LogP) is 1.55. The molecule has 1 rings (SSSR count). The Morgan fingerprint density at radius 3 is 2.50 bits per heavy atom. The summed E-state index contributed by atoms with van der Waals surface area (Å²) in [5.41, 5.74) is 6.58. The van der Waals surface area contributed by atoms with Crippen LogP contribution in [0.3, 0.4) is 0 Å². The maximum atomic E-state index is 5.92. The van der Waals surface area contributed by atoms with Gasteiger partial charge in [-0.15, -0.1) is 0 Å². The molecule has 1 aromatic heterocycles. The van der Waals surface area contributed by atoms with Crippen molar-refractivity contribution in [1.29, 1.82) is 0 Å². The molecule has 1 heterocycles. The van der Waals surface area contributed by atoms with E-state index in [9.17, 15) is 0 Å². The van der Waals surface area contributed by atoms with Gasteiger partial charge in [-0.2, -0.15) is 4.98 Å². The van der Waals surface area contributed by atoms with Crippen LogP contribution in [0.15, 0.2) is 6.33 Å². The van der Waals surface area contributed by atoms with Crippen LogP contribution in [0.4, 0.5) is 11.5 Å². The van der Waals surface area contributed by atoms with Crippen molar-refractivity contribution in [1.82, 2.24) is 9.97 Å². The Morgan fingerprint density at radius 2 is 2.00 bits per heavy atom. The highest BCUT2D eigenvalue weighted by Gasteiger charge is 2.18. The lowest BCUT2D eigenvalue weighted by molar-refractivity contribution is 0.397. The number of hydrogen-bond donors (Lipinski definition) is 1. The summed E-state index contributed by atoms with van der Waals surface area (Å²) < 4.78 is 5.06. The summed E-state index contributed by atoms with van der Waals surface area (Å²) in [6.07, 6.45) is 1.46. The third-order valence-electron chi connectivity index (χ3n) is 2.09. The second-order valence-electron chi connectivity index (χ2n) is 5.04. The Kier molecular flexibility index (Phi) is 3.57. The fourth-order valence-corrected chi connectivity index (χ4v) is 1.62. The molecule has 1 aromatic rings. The van der Waals surface area contributed by atoms with Gasteiger partial charge in [0.15, 0.2) is 5.82 Å². The first kappa shape index (κ1) is 12.5. The monoisotopic (exact) mass is 224 g/mol. The molecule has 0 saturated carbocycles. The van der Waals surface area contributed by atoms with Gasteiger partial charge < -0.3 is 15.4 Å². The van der Waals surface area contributed by atoms with Crippen molar-refractivity contribution in [3.63, 3.8) is 0 Å². The Labute approximate surface area is 96.6 Å². The van der Waals surface area contributed by atoms with Gasteiger partial charge in [-0.05, 0) is 5.41 Å². The number of methoxy groups -OCH3 is 1. The number of hydrogen-bond acceptors (Lipinski definition) is 5. The van der Waals surface area contributed by atoms with E-state index in [1.807, 2.05) is 11.9 Å². The summed E-state index contributed by atoms with van der Waals surface area (Å²) in [6, 6.07) is 0. The lowest BCUT2D eigenvalue weighted by Crippen LogP contribution is -2.30. The van der Waals surface area contributed by atoms with Gasteiger partial charge in [-0.25, -0.2) is 4.98 Å². The molecule has 5 nitrogen and oxygen atoms in total. The molecule has 0 unspecified atom stereocenters. The quantitative estimate of drug-likeness (QED) is 0.844. The van der Waals surface area contributed by atoms with Crippen LogP contribution in [0.2, 0.25) is 0 Å². The van der Waals surface area contributed by atoms with Gasteiger partial charge in [-0.3, -0.25) is 0 Å². The highest BCUT2D eigenvalue weighted by Crippen LogP contribution is 2.28. The van der Waals surface area contributed by atoms with Crippen molar-refractivity contribution in [2.24, 2.45) is 5.41 Å². The maximum absolute atomic E-state index is 5.92. The summed E-state index contributed by atoms with van der Waals surface area (Å²) in [5, 5.41) is 0. The normalized spacial score (nSPS) is 11.3. The summed E-state index contributed by atoms with van der Waals surface area (Å²) in [4.78, 5) is 10.1. The zero-order chi connectivity index (χ0) is 12.3. The molecule has 0 aliphatic heterocycles. The number of rotatable bonds is 3. The minimum absolute atomic E-state index is 0.180. The maximum Gasteiger partial charge on any atom is 0.242 e. The van der Waals surface area contributed by atoms with Crippen LogP contribution in [0.1, 0.15) is 20.8 Å². The van der Waals surface area contributed by atoms with Crippen LogP contribution >= 0.6 is 0 Å². The summed E-state index contributed by atoms with van der Waals surface area (Å²) in [5.74, 6) is 1.13. The zero-order valence-corrected chi connectivity index (χ0v) is 10.6. The number of nitrogens with zero attached hydrogens (tertiary/aromatic N) is 3. The van der Waals surface area contributed by atoms with Crippen molar-refractivity contribution in [3.05, 3.63) is 6.33 Å². The number of ether oxygens (including phenoxy) is 1. The minimum atomic E-state index is 0.180. The van der Waals surface area contributed by atoms with E-state index >= 15 is 0 Å². The first-order valence-corrected chi connectivity index (χ1v) is 5.21. The van der Waals surface area contributed by atoms with Gasteiger partial charge in [0.1, 0.15) is 12.0 Å². The SMILES string of the molecule is COc1ncnc(N(C)CC(C)(C)C)c1N. The molecule has 0 amide bonds. The molecule has 0 aromatic carbocycles. The molecule has 0 bridgehead atoms. The van der Waals surface area contributed by atoms with Crippen molar-refractivity contribution < 1.29 is 4.74 Å². The summed E-state index contributed by atoms with van der Waals surface area (Å²) in [6.45, 7) is 7.35. The standard InChI is InChI=1S/C11H20N4O/c1-11(2,3)6-15(4)9-8(12)10(16-5)14-7-13-9/h7H,6,12H2,1-5H3. The number of anilines is 2. The third kappa shape index (κ3) is 2.98. The van der Waals surface area contributed by atoms with E-state index in [0.717, 1.165) is 6.54 Å². The van der Waals surface area contributed by atoms with Crippen LogP contribution in [0.5, 0.6) is 5.88 Å². The van der Waals surface area contributed by atoms with Gasteiger partial charge in [0.25, 0.3) is 0 Å². The number of nitrogens with two attached hydrogens (primary N) is 1. The van der Waals surface area contributed by atoms with E-state index in [2.05, 4.69) is 30.7 Å². The highest BCUT2D eigenvalue weighted by atomic mass is 16.5. The fourth-order valence-electron chi connectivity index (χ4n) is 1.62. The Balaban J connectivity index is 2.95. The highest BCUT2D eigenvalue weighted by molar-refractivity contribution is 5.67. The average Bonchev–Trinajstić information content (AvgIpc) is 2.15. The Bertz CT molecular complexity index is 359. The first-order chi connectivity index (χ1) is 7.35. The smallest absolute Gasteiger partial charge is 0.242 e. The Hall–Kier alpha value is -1.52. The van der Waals surface area contributed by atoms with Crippen LogP contribution in [0, 0.1) is 5.41 Å². The van der Waals surface area contributed by atoms with E-state index in [0.29, 0.717) is 17.4 Å². The minimum Gasteiger partial charge on any atom is -0.479 e. The molecule has 90 valence electrons. The average molecular weight is 224 g/mol. The lowest BCUT2D eigenvalue weighted by Gasteiger charge is -2.28. The van der Waals surface area contributed by atoms with Gasteiger partial charge in [0, 0.05) is 13.6 Å². The lowest BCUT2D eigenvalue weighted by atomic mass is 9.96. The summed E-state index contributed by atoms with van der Waals surface area (Å²) >= 11 is 0. The van der Waals surface area contributed by atoms with Crippen LogP contribution in [0.25, 0.3) is 0 Å². The first-order valence-electron chi connectivity index (χ1n) is 5.21. The van der Waals surface area contributed by atoms with Crippen molar-refractivity contribution >= 4 is 11.5 Å². The molecule has 0 radical (unpaired) electrons. The molecule has 0 fully saturated rings. The second-order valence-corrected chi connectivity index (χ2v) is 5.04. The third-order valence-corrected chi connectivity index (χ3v) is 2.09. The van der Waals surface area contributed by atoms with Crippen LogP contribution in [-0.4, -0.2) is 30.7 Å². The molecule has 2 N–H and O–H groups in total. The molecule has 0 aliphatic carbocycles. The van der Waals surface area contributed by atoms with Gasteiger partial charge in [0.05, 0.1) is 7.11 Å². The predicted molar refractivity (Wildman–Crippen MR) is 65.7 cm³/mol. The molecule has 0 saturated heterocycles. The molecule has 0 atom stereocenters.